The minimum absolute atomic E-state index is 0.252. The molecule has 0 radical (unpaired) electrons. The second-order valence-electron chi connectivity index (χ2n) is 5.98. The van der Waals surface area contributed by atoms with Crippen molar-refractivity contribution >= 4 is 35.0 Å². The average molecular weight is 380 g/mol. The fourth-order valence-corrected chi connectivity index (χ4v) is 3.92. The smallest absolute Gasteiger partial charge is 0.278 e. The van der Waals surface area contributed by atoms with Gasteiger partial charge in [-0.15, -0.1) is 16.9 Å². The topological polar surface area (TPSA) is 71.8 Å². The first-order chi connectivity index (χ1) is 12.1. The maximum absolute atomic E-state index is 12.7. The van der Waals surface area contributed by atoms with Gasteiger partial charge in [0.1, 0.15) is 0 Å². The van der Waals surface area contributed by atoms with Gasteiger partial charge >= 0.3 is 0 Å². The van der Waals surface area contributed by atoms with Gasteiger partial charge in [-0.1, -0.05) is 23.7 Å². The van der Waals surface area contributed by atoms with Gasteiger partial charge in [0.05, 0.1) is 17.4 Å². The lowest BCUT2D eigenvalue weighted by molar-refractivity contribution is 0.102. The quantitative estimate of drug-likeness (QED) is 0.777. The molecule has 0 bridgehead atoms. The van der Waals surface area contributed by atoms with Crippen LogP contribution in [0.3, 0.4) is 0 Å². The fourth-order valence-electron chi connectivity index (χ4n) is 3.01. The van der Waals surface area contributed by atoms with Crippen LogP contribution >= 0.6 is 23.4 Å². The van der Waals surface area contributed by atoms with E-state index in [0.29, 0.717) is 22.4 Å². The summed E-state index contributed by atoms with van der Waals surface area (Å²) >= 11 is 7.74. The Hall–Kier alpha value is -1.57. The summed E-state index contributed by atoms with van der Waals surface area (Å²) in [6, 6.07) is 5.82. The summed E-state index contributed by atoms with van der Waals surface area (Å²) in [5, 5.41) is 15.2. The number of carbonyl (C=O) groups is 1. The molecular formula is C17H22ClN5OS. The van der Waals surface area contributed by atoms with Crippen LogP contribution in [0.2, 0.25) is 5.02 Å². The van der Waals surface area contributed by atoms with Gasteiger partial charge in [0.2, 0.25) is 0 Å². The summed E-state index contributed by atoms with van der Waals surface area (Å²) in [4.78, 5) is 13.7. The van der Waals surface area contributed by atoms with Crippen LogP contribution in [0.1, 0.15) is 42.0 Å². The van der Waals surface area contributed by atoms with Gasteiger partial charge in [-0.05, 0) is 56.8 Å². The largest absolute Gasteiger partial charge is 0.319 e. The molecule has 1 saturated heterocycles. The van der Waals surface area contributed by atoms with E-state index in [2.05, 4.69) is 27.9 Å². The zero-order chi connectivity index (χ0) is 17.8. The molecule has 8 heteroatoms. The Bertz CT molecular complexity index is 757. The molecule has 0 spiro atoms. The zero-order valence-corrected chi connectivity index (χ0v) is 16.0. The molecule has 1 aliphatic heterocycles. The lowest BCUT2D eigenvalue weighted by atomic mass is 10.1. The normalized spacial score (nSPS) is 15.3. The van der Waals surface area contributed by atoms with Crippen molar-refractivity contribution in [2.45, 2.75) is 37.6 Å². The van der Waals surface area contributed by atoms with E-state index in [9.17, 15) is 4.79 Å². The van der Waals surface area contributed by atoms with Crippen molar-refractivity contribution in [2.75, 3.05) is 24.2 Å². The molecule has 1 aromatic carbocycles. The monoisotopic (exact) mass is 379 g/mol. The van der Waals surface area contributed by atoms with E-state index < -0.39 is 0 Å². The molecule has 2 N–H and O–H groups in total. The summed E-state index contributed by atoms with van der Waals surface area (Å²) in [6.07, 6.45) is 1.99. The third-order valence-corrected chi connectivity index (χ3v) is 5.48. The number of amides is 1. The summed E-state index contributed by atoms with van der Waals surface area (Å²) in [5.41, 5.74) is 1.88. The lowest BCUT2D eigenvalue weighted by Crippen LogP contribution is -2.30. The van der Waals surface area contributed by atoms with Crippen molar-refractivity contribution in [3.8, 4) is 0 Å². The Kier molecular flexibility index (Phi) is 5.98. The molecule has 1 aromatic heterocycles. The molecule has 1 fully saturated rings. The molecule has 6 nitrogen and oxygen atoms in total. The number of nitrogens with one attached hydrogen (secondary N) is 2. The van der Waals surface area contributed by atoms with E-state index in [1.165, 1.54) is 0 Å². The Morgan fingerprint density at radius 1 is 1.44 bits per heavy atom. The van der Waals surface area contributed by atoms with Crippen LogP contribution in [0.15, 0.2) is 23.1 Å². The zero-order valence-electron chi connectivity index (χ0n) is 14.4. The number of piperidine rings is 1. The average Bonchev–Trinajstić information content (AvgIpc) is 3.00. The molecule has 2 aromatic rings. The molecule has 0 aliphatic carbocycles. The van der Waals surface area contributed by atoms with Crippen molar-refractivity contribution in [3.63, 3.8) is 0 Å². The molecule has 1 aliphatic rings. The molecule has 134 valence electrons. The first kappa shape index (κ1) is 18.2. The first-order valence-corrected chi connectivity index (χ1v) is 9.82. The van der Waals surface area contributed by atoms with Crippen LogP contribution in [0.4, 0.5) is 5.69 Å². The first-order valence-electron chi connectivity index (χ1n) is 8.46. The highest BCUT2D eigenvalue weighted by atomic mass is 35.5. The highest BCUT2D eigenvalue weighted by molar-refractivity contribution is 7.99. The van der Waals surface area contributed by atoms with Crippen molar-refractivity contribution in [1.82, 2.24) is 20.3 Å². The van der Waals surface area contributed by atoms with Crippen molar-refractivity contribution < 1.29 is 4.79 Å². The summed E-state index contributed by atoms with van der Waals surface area (Å²) in [6.45, 7) is 5.90. The van der Waals surface area contributed by atoms with Crippen LogP contribution in [0.5, 0.6) is 0 Å². The minimum atomic E-state index is -0.252. The van der Waals surface area contributed by atoms with Gasteiger partial charge in [0, 0.05) is 9.92 Å². The van der Waals surface area contributed by atoms with Crippen LogP contribution in [-0.4, -0.2) is 39.7 Å². The molecule has 0 atom stereocenters. The predicted octanol–water partition coefficient (Wildman–Crippen LogP) is 3.53. The van der Waals surface area contributed by atoms with Crippen molar-refractivity contribution in [2.24, 2.45) is 0 Å². The lowest BCUT2D eigenvalue weighted by Gasteiger charge is -2.23. The number of anilines is 1. The van der Waals surface area contributed by atoms with Crippen molar-refractivity contribution in [1.29, 1.82) is 0 Å². The minimum Gasteiger partial charge on any atom is -0.319 e. The highest BCUT2D eigenvalue weighted by Crippen LogP contribution is 2.30. The molecule has 0 unspecified atom stereocenters. The van der Waals surface area contributed by atoms with Gasteiger partial charge in [-0.3, -0.25) is 4.79 Å². The molecule has 25 heavy (non-hydrogen) atoms. The second-order valence-corrected chi connectivity index (χ2v) is 7.72. The SMILES string of the molecule is CCSc1ccc(Cl)cc1NC(=O)c1nnn(C2CCNCC2)c1C. The van der Waals surface area contributed by atoms with Gasteiger partial charge in [-0.25, -0.2) is 4.68 Å². The van der Waals surface area contributed by atoms with E-state index in [0.717, 1.165) is 42.3 Å². The Labute approximate surface area is 156 Å². The molecule has 1 amide bonds. The highest BCUT2D eigenvalue weighted by Gasteiger charge is 2.23. The summed E-state index contributed by atoms with van der Waals surface area (Å²) < 4.78 is 1.88. The summed E-state index contributed by atoms with van der Waals surface area (Å²) in [7, 11) is 0. The third kappa shape index (κ3) is 4.16. The molecular weight excluding hydrogens is 358 g/mol. The number of rotatable bonds is 5. The van der Waals surface area contributed by atoms with E-state index >= 15 is 0 Å². The number of benzene rings is 1. The number of hydrogen-bond donors (Lipinski definition) is 2. The standard InChI is InChI=1S/C17H22ClN5OS/c1-3-25-15-5-4-12(18)10-14(15)20-17(24)16-11(2)23(22-21-16)13-6-8-19-9-7-13/h4-5,10,13,19H,3,6-9H2,1-2H3,(H,20,24). The van der Waals surface area contributed by atoms with E-state index in [1.807, 2.05) is 23.7 Å². The third-order valence-electron chi connectivity index (χ3n) is 4.29. The number of nitrogens with zero attached hydrogens (tertiary/aromatic N) is 3. The number of aromatic nitrogens is 3. The fraction of sp³-hybridized carbons (Fsp3) is 0.471. The van der Waals surface area contributed by atoms with E-state index in [-0.39, 0.29) is 5.91 Å². The number of halogens is 1. The Morgan fingerprint density at radius 3 is 2.92 bits per heavy atom. The van der Waals surface area contributed by atoms with Crippen molar-refractivity contribution in [3.05, 3.63) is 34.6 Å². The Balaban J connectivity index is 1.80. The number of hydrogen-bond acceptors (Lipinski definition) is 5. The van der Waals surface area contributed by atoms with Crippen LogP contribution in [0.25, 0.3) is 0 Å². The maximum Gasteiger partial charge on any atom is 0.278 e. The second kappa shape index (κ2) is 8.21. The number of thioether (sulfide) groups is 1. The maximum atomic E-state index is 12.7. The van der Waals surface area contributed by atoms with Crippen LogP contribution in [0, 0.1) is 6.92 Å². The van der Waals surface area contributed by atoms with Gasteiger partial charge in [0.15, 0.2) is 5.69 Å². The van der Waals surface area contributed by atoms with Gasteiger partial charge in [0.25, 0.3) is 5.91 Å². The van der Waals surface area contributed by atoms with Crippen LogP contribution < -0.4 is 10.6 Å². The predicted molar refractivity (Wildman–Crippen MR) is 102 cm³/mol. The summed E-state index contributed by atoms with van der Waals surface area (Å²) in [5.74, 6) is 0.660. The molecule has 2 heterocycles. The van der Waals surface area contributed by atoms with Gasteiger partial charge < -0.3 is 10.6 Å². The van der Waals surface area contributed by atoms with E-state index in [1.54, 1.807) is 17.8 Å². The number of carbonyl (C=O) groups excluding carboxylic acids is 1. The Morgan fingerprint density at radius 2 is 2.20 bits per heavy atom. The van der Waals surface area contributed by atoms with Gasteiger partial charge in [-0.2, -0.15) is 0 Å². The molecule has 3 rings (SSSR count). The van der Waals surface area contributed by atoms with Crippen LogP contribution in [-0.2, 0) is 0 Å². The van der Waals surface area contributed by atoms with E-state index in [4.69, 9.17) is 11.6 Å². The molecule has 0 saturated carbocycles.